The summed E-state index contributed by atoms with van der Waals surface area (Å²) in [5.41, 5.74) is 4.94. The van der Waals surface area contributed by atoms with Gasteiger partial charge in [0.25, 0.3) is 5.91 Å². The number of nitrogens with one attached hydrogen (secondary N) is 1. The highest BCUT2D eigenvalue weighted by atomic mass is 16.5. The summed E-state index contributed by atoms with van der Waals surface area (Å²) < 4.78 is 5.08. The van der Waals surface area contributed by atoms with Crippen molar-refractivity contribution in [3.05, 3.63) is 23.9 Å². The highest BCUT2D eigenvalue weighted by Gasteiger charge is 2.27. The zero-order valence-electron chi connectivity index (χ0n) is 10.8. The summed E-state index contributed by atoms with van der Waals surface area (Å²) in [4.78, 5) is 16.0. The predicted molar refractivity (Wildman–Crippen MR) is 69.9 cm³/mol. The number of carbonyl (C=O) groups is 1. The lowest BCUT2D eigenvalue weighted by atomic mass is 10.1. The lowest BCUT2D eigenvalue weighted by Gasteiger charge is -2.21. The summed E-state index contributed by atoms with van der Waals surface area (Å²) in [6.07, 6.45) is 0. The quantitative estimate of drug-likeness (QED) is 0.773. The van der Waals surface area contributed by atoms with Gasteiger partial charge in [0, 0.05) is 7.11 Å². The maximum atomic E-state index is 11.9. The van der Waals surface area contributed by atoms with Crippen molar-refractivity contribution in [1.29, 1.82) is 0 Å². The smallest absolute Gasteiger partial charge is 0.257 e. The van der Waals surface area contributed by atoms with Crippen LogP contribution in [0.3, 0.4) is 0 Å². The molecule has 1 rings (SSSR count). The van der Waals surface area contributed by atoms with E-state index >= 15 is 0 Å². The lowest BCUT2D eigenvalue weighted by molar-refractivity contribution is -0.133. The third-order valence-corrected chi connectivity index (χ3v) is 2.37. The molecule has 3 N–H and O–H groups in total. The summed E-state index contributed by atoms with van der Waals surface area (Å²) in [7, 11) is 1.48. The maximum Gasteiger partial charge on any atom is 0.257 e. The first-order valence-corrected chi connectivity index (χ1v) is 5.52. The Kier molecular flexibility index (Phi) is 4.84. The van der Waals surface area contributed by atoms with E-state index in [2.05, 4.69) is 22.1 Å². The van der Waals surface area contributed by atoms with Crippen molar-refractivity contribution < 1.29 is 9.53 Å². The largest absolute Gasteiger partial charge is 0.369 e. The molecule has 0 aliphatic carbocycles. The van der Waals surface area contributed by atoms with Crippen molar-refractivity contribution >= 4 is 11.7 Å². The predicted octanol–water partition coefficient (Wildman–Crippen LogP) is 0.755. The topological polar surface area (TPSA) is 77.2 Å². The number of ether oxygens (including phenoxy) is 1. The molecule has 0 unspecified atom stereocenters. The van der Waals surface area contributed by atoms with E-state index in [1.54, 1.807) is 32.0 Å². The maximum absolute atomic E-state index is 11.9. The molecule has 5 nitrogen and oxygen atoms in total. The molecule has 1 aromatic heterocycles. The first-order valence-electron chi connectivity index (χ1n) is 5.52. The van der Waals surface area contributed by atoms with E-state index in [1.165, 1.54) is 7.11 Å². The Bertz CT molecular complexity index is 486. The van der Waals surface area contributed by atoms with Crippen LogP contribution in [0.1, 0.15) is 19.5 Å². The minimum absolute atomic E-state index is 0.263. The molecule has 0 radical (unpaired) electrons. The Morgan fingerprint density at radius 2 is 2.28 bits per heavy atom. The number of rotatable bonds is 3. The van der Waals surface area contributed by atoms with Gasteiger partial charge in [-0.05, 0) is 31.9 Å². The SMILES string of the molecule is COC(C)(C)C(=O)Nc1cccc(C#CCN)n1. The van der Waals surface area contributed by atoms with E-state index < -0.39 is 5.60 Å². The molecule has 1 heterocycles. The molecule has 0 bridgehead atoms. The number of nitrogens with two attached hydrogens (primary N) is 1. The number of pyridine rings is 1. The van der Waals surface area contributed by atoms with E-state index in [1.807, 2.05) is 0 Å². The van der Waals surface area contributed by atoms with Crippen molar-refractivity contribution in [3.63, 3.8) is 0 Å². The Morgan fingerprint density at radius 1 is 1.56 bits per heavy atom. The molecule has 0 aliphatic rings. The molecule has 96 valence electrons. The zero-order chi connectivity index (χ0) is 13.6. The normalized spacial score (nSPS) is 10.4. The second-order valence-electron chi connectivity index (χ2n) is 4.08. The van der Waals surface area contributed by atoms with Crippen LogP contribution in [-0.4, -0.2) is 30.1 Å². The molecule has 1 amide bonds. The molecule has 0 fully saturated rings. The van der Waals surface area contributed by atoms with Crippen LogP contribution in [0.25, 0.3) is 0 Å². The van der Waals surface area contributed by atoms with Crippen molar-refractivity contribution in [2.45, 2.75) is 19.4 Å². The van der Waals surface area contributed by atoms with Gasteiger partial charge in [-0.2, -0.15) is 0 Å². The standard InChI is InChI=1S/C13H17N3O2/c1-13(2,18-3)12(17)16-11-8-4-6-10(15-11)7-5-9-14/h4,6,8H,9,14H2,1-3H3,(H,15,16,17). The van der Waals surface area contributed by atoms with Crippen LogP contribution in [-0.2, 0) is 9.53 Å². The number of methoxy groups -OCH3 is 1. The van der Waals surface area contributed by atoms with Gasteiger partial charge >= 0.3 is 0 Å². The number of aromatic nitrogens is 1. The van der Waals surface area contributed by atoms with Crippen LogP contribution in [0, 0.1) is 11.8 Å². The fourth-order valence-corrected chi connectivity index (χ4v) is 1.08. The van der Waals surface area contributed by atoms with Crippen molar-refractivity contribution in [2.75, 3.05) is 19.0 Å². The van der Waals surface area contributed by atoms with Crippen LogP contribution in [0.2, 0.25) is 0 Å². The summed E-state index contributed by atoms with van der Waals surface area (Å²) >= 11 is 0. The van der Waals surface area contributed by atoms with E-state index in [0.29, 0.717) is 11.5 Å². The molecule has 0 aliphatic heterocycles. The van der Waals surface area contributed by atoms with Crippen molar-refractivity contribution in [3.8, 4) is 11.8 Å². The first-order chi connectivity index (χ1) is 8.49. The molecular weight excluding hydrogens is 230 g/mol. The van der Waals surface area contributed by atoms with Gasteiger partial charge in [-0.1, -0.05) is 12.0 Å². The second kappa shape index (κ2) is 6.15. The zero-order valence-corrected chi connectivity index (χ0v) is 10.8. The molecule has 1 aromatic rings. The third-order valence-electron chi connectivity index (χ3n) is 2.37. The van der Waals surface area contributed by atoms with Gasteiger partial charge in [-0.3, -0.25) is 4.79 Å². The van der Waals surface area contributed by atoms with Gasteiger partial charge in [-0.25, -0.2) is 4.98 Å². The Morgan fingerprint density at radius 3 is 2.89 bits per heavy atom. The number of amides is 1. The molecular formula is C13H17N3O2. The number of hydrogen-bond donors (Lipinski definition) is 2. The molecule has 18 heavy (non-hydrogen) atoms. The number of anilines is 1. The van der Waals surface area contributed by atoms with E-state index in [4.69, 9.17) is 10.5 Å². The van der Waals surface area contributed by atoms with E-state index in [-0.39, 0.29) is 12.5 Å². The van der Waals surface area contributed by atoms with Crippen LogP contribution < -0.4 is 11.1 Å². The summed E-state index contributed by atoms with van der Waals surface area (Å²) in [5.74, 6) is 5.68. The van der Waals surface area contributed by atoms with Crippen LogP contribution >= 0.6 is 0 Å². The highest BCUT2D eigenvalue weighted by Crippen LogP contribution is 2.12. The minimum atomic E-state index is -0.902. The molecule has 0 spiro atoms. The number of hydrogen-bond acceptors (Lipinski definition) is 4. The average molecular weight is 247 g/mol. The van der Waals surface area contributed by atoms with Crippen LogP contribution in [0.5, 0.6) is 0 Å². The minimum Gasteiger partial charge on any atom is -0.369 e. The first kappa shape index (κ1) is 14.2. The molecule has 0 saturated carbocycles. The molecule has 5 heteroatoms. The molecule has 0 aromatic carbocycles. The van der Waals surface area contributed by atoms with Gasteiger partial charge in [0.1, 0.15) is 17.1 Å². The fourth-order valence-electron chi connectivity index (χ4n) is 1.08. The molecule has 0 atom stereocenters. The van der Waals surface area contributed by atoms with Gasteiger partial charge in [0.2, 0.25) is 0 Å². The highest BCUT2D eigenvalue weighted by molar-refractivity contribution is 5.96. The van der Waals surface area contributed by atoms with E-state index in [9.17, 15) is 4.79 Å². The van der Waals surface area contributed by atoms with Crippen molar-refractivity contribution in [1.82, 2.24) is 4.98 Å². The van der Waals surface area contributed by atoms with Gasteiger partial charge in [-0.15, -0.1) is 0 Å². The molecule has 0 saturated heterocycles. The van der Waals surface area contributed by atoms with Crippen LogP contribution in [0.15, 0.2) is 18.2 Å². The monoisotopic (exact) mass is 247 g/mol. The van der Waals surface area contributed by atoms with Gasteiger partial charge < -0.3 is 15.8 Å². The fraction of sp³-hybridized carbons (Fsp3) is 0.385. The summed E-state index contributed by atoms with van der Waals surface area (Å²) in [6, 6.07) is 5.21. The summed E-state index contributed by atoms with van der Waals surface area (Å²) in [6.45, 7) is 3.63. The number of carbonyl (C=O) groups excluding carboxylic acids is 1. The number of nitrogens with zero attached hydrogens (tertiary/aromatic N) is 1. The Hall–Kier alpha value is -1.90. The summed E-state index contributed by atoms with van der Waals surface area (Å²) in [5, 5.41) is 2.68. The van der Waals surface area contributed by atoms with E-state index in [0.717, 1.165) is 0 Å². The van der Waals surface area contributed by atoms with Crippen LogP contribution in [0.4, 0.5) is 5.82 Å². The Balaban J connectivity index is 2.83. The van der Waals surface area contributed by atoms with Gasteiger partial charge in [0.15, 0.2) is 0 Å². The Labute approximate surface area is 107 Å². The van der Waals surface area contributed by atoms with Crippen molar-refractivity contribution in [2.24, 2.45) is 5.73 Å². The second-order valence-corrected chi connectivity index (χ2v) is 4.08. The lowest BCUT2D eigenvalue weighted by Crippen LogP contribution is -2.39. The average Bonchev–Trinajstić information content (AvgIpc) is 2.36. The third kappa shape index (κ3) is 3.84. The van der Waals surface area contributed by atoms with Gasteiger partial charge in [0.05, 0.1) is 6.54 Å².